The van der Waals surface area contributed by atoms with Gasteiger partial charge in [-0.05, 0) is 49.2 Å². The normalized spacial score (nSPS) is 15.8. The van der Waals surface area contributed by atoms with Crippen LogP contribution in [0, 0.1) is 0 Å². The maximum Gasteiger partial charge on any atom is 0.279 e. The molecule has 180 valence electrons. The molecule has 34 heavy (non-hydrogen) atoms. The van der Waals surface area contributed by atoms with Gasteiger partial charge in [0.15, 0.2) is 4.80 Å². The zero-order chi connectivity index (χ0) is 24.5. The second-order valence-electron chi connectivity index (χ2n) is 8.27. The molecule has 1 fully saturated rings. The minimum atomic E-state index is -3.63. The molecule has 10 heteroatoms. The van der Waals surface area contributed by atoms with Crippen molar-refractivity contribution in [1.82, 2.24) is 8.87 Å². The number of rotatable bonds is 6. The van der Waals surface area contributed by atoms with Crippen molar-refractivity contribution in [2.75, 3.05) is 7.05 Å². The molecule has 0 N–H and O–H groups in total. The molecule has 4 rings (SSSR count). The van der Waals surface area contributed by atoms with Gasteiger partial charge in [0.2, 0.25) is 10.0 Å². The highest BCUT2D eigenvalue weighted by molar-refractivity contribution is 7.89. The lowest BCUT2D eigenvalue weighted by Gasteiger charge is -2.30. The number of sulfonamides is 1. The molecule has 1 heterocycles. The number of benzene rings is 2. The number of hydrogen-bond donors (Lipinski definition) is 0. The van der Waals surface area contributed by atoms with E-state index >= 15 is 0 Å². The molecule has 0 radical (unpaired) electrons. The van der Waals surface area contributed by atoms with Crippen LogP contribution < -0.4 is 4.80 Å². The van der Waals surface area contributed by atoms with Crippen molar-refractivity contribution < 1.29 is 13.2 Å². The van der Waals surface area contributed by atoms with Crippen LogP contribution in [0.1, 0.15) is 42.5 Å². The molecule has 0 bridgehead atoms. The minimum Gasteiger partial charge on any atom is -0.311 e. The molecular formula is C24H25Cl2N3O3S2. The fraction of sp³-hybridized carbons (Fsp3) is 0.333. The van der Waals surface area contributed by atoms with Crippen molar-refractivity contribution in [2.24, 2.45) is 4.99 Å². The highest BCUT2D eigenvalue weighted by Crippen LogP contribution is 2.30. The Morgan fingerprint density at radius 3 is 2.53 bits per heavy atom. The highest BCUT2D eigenvalue weighted by Gasteiger charge is 2.29. The summed E-state index contributed by atoms with van der Waals surface area (Å²) in [5.41, 5.74) is 1.03. The van der Waals surface area contributed by atoms with Gasteiger partial charge in [-0.1, -0.05) is 59.9 Å². The largest absolute Gasteiger partial charge is 0.311 e. The van der Waals surface area contributed by atoms with Crippen molar-refractivity contribution in [1.29, 1.82) is 0 Å². The van der Waals surface area contributed by atoms with Crippen LogP contribution >= 0.6 is 34.5 Å². The molecule has 1 aliphatic carbocycles. The van der Waals surface area contributed by atoms with Gasteiger partial charge in [-0.3, -0.25) is 4.79 Å². The minimum absolute atomic E-state index is 0.0173. The fourth-order valence-electron chi connectivity index (χ4n) is 4.24. The Hall–Kier alpha value is -1.97. The summed E-state index contributed by atoms with van der Waals surface area (Å²) >= 11 is 13.8. The van der Waals surface area contributed by atoms with Gasteiger partial charge >= 0.3 is 0 Å². The molecule has 3 aromatic rings. The maximum atomic E-state index is 13.1. The number of fused-ring (bicyclic) bond motifs is 1. The lowest BCUT2D eigenvalue weighted by Crippen LogP contribution is -2.38. The predicted molar refractivity (Wildman–Crippen MR) is 138 cm³/mol. The Morgan fingerprint density at radius 1 is 1.21 bits per heavy atom. The van der Waals surface area contributed by atoms with Gasteiger partial charge in [-0.2, -0.15) is 9.30 Å². The second-order valence-corrected chi connectivity index (χ2v) is 12.1. The molecule has 0 unspecified atom stereocenters. The topological polar surface area (TPSA) is 71.7 Å². The Kier molecular flexibility index (Phi) is 7.64. The van der Waals surface area contributed by atoms with E-state index in [2.05, 4.69) is 11.6 Å². The number of amides is 1. The van der Waals surface area contributed by atoms with Crippen molar-refractivity contribution in [3.05, 3.63) is 69.5 Å². The quantitative estimate of drug-likeness (QED) is 0.368. The third kappa shape index (κ3) is 5.02. The SMILES string of the molecule is C=CCn1c(=NC(=O)c2ccc(S(=O)(=O)N(C)C3CCCCC3)cc2)sc2cc(Cl)cc(Cl)c21. The van der Waals surface area contributed by atoms with Crippen LogP contribution in [0.15, 0.2) is 58.9 Å². The molecule has 1 aliphatic rings. The van der Waals surface area contributed by atoms with Gasteiger partial charge in [-0.25, -0.2) is 8.42 Å². The van der Waals surface area contributed by atoms with Crippen LogP contribution in [0.25, 0.3) is 10.2 Å². The van der Waals surface area contributed by atoms with Gasteiger partial charge in [-0.15, -0.1) is 6.58 Å². The van der Waals surface area contributed by atoms with E-state index in [9.17, 15) is 13.2 Å². The zero-order valence-corrected chi connectivity index (χ0v) is 21.9. The Balaban J connectivity index is 1.64. The summed E-state index contributed by atoms with van der Waals surface area (Å²) in [6.45, 7) is 4.19. The summed E-state index contributed by atoms with van der Waals surface area (Å²) in [6, 6.07) is 9.38. The van der Waals surface area contributed by atoms with E-state index in [0.29, 0.717) is 27.0 Å². The van der Waals surface area contributed by atoms with Crippen LogP contribution in [-0.4, -0.2) is 36.3 Å². The Labute approximate surface area is 213 Å². The van der Waals surface area contributed by atoms with E-state index in [1.807, 2.05) is 4.57 Å². The van der Waals surface area contributed by atoms with Crippen LogP contribution in [0.5, 0.6) is 0 Å². The van der Waals surface area contributed by atoms with Gasteiger partial charge in [0, 0.05) is 30.2 Å². The lowest BCUT2D eigenvalue weighted by atomic mass is 9.96. The third-order valence-electron chi connectivity index (χ3n) is 6.07. The molecule has 0 atom stereocenters. The molecule has 0 spiro atoms. The lowest BCUT2D eigenvalue weighted by molar-refractivity contribution is 0.0997. The Morgan fingerprint density at radius 2 is 1.88 bits per heavy atom. The first-order valence-electron chi connectivity index (χ1n) is 11.0. The maximum absolute atomic E-state index is 13.1. The number of carbonyl (C=O) groups excluding carboxylic acids is 1. The van der Waals surface area contributed by atoms with E-state index in [4.69, 9.17) is 23.2 Å². The van der Waals surface area contributed by atoms with Gasteiger partial charge in [0.25, 0.3) is 5.91 Å². The van der Waals surface area contributed by atoms with E-state index in [1.165, 1.54) is 39.9 Å². The first-order chi connectivity index (χ1) is 16.2. The summed E-state index contributed by atoms with van der Waals surface area (Å²) in [4.78, 5) is 17.8. The molecule has 0 saturated heterocycles. The molecule has 0 aliphatic heterocycles. The standard InChI is InChI=1S/C24H25Cl2N3O3S2/c1-3-13-29-22-20(26)14-17(25)15-21(22)33-24(29)27-23(30)16-9-11-19(12-10-16)34(31,32)28(2)18-7-5-4-6-8-18/h3,9-12,14-15,18H,1,4-8,13H2,2H3. The van der Waals surface area contributed by atoms with Crippen LogP contribution in [0.3, 0.4) is 0 Å². The number of carbonyl (C=O) groups is 1. The predicted octanol–water partition coefficient (Wildman–Crippen LogP) is 5.89. The highest BCUT2D eigenvalue weighted by atomic mass is 35.5. The molecule has 6 nitrogen and oxygen atoms in total. The van der Waals surface area contributed by atoms with Gasteiger partial charge in [0.05, 0.1) is 20.1 Å². The van der Waals surface area contributed by atoms with E-state index in [0.717, 1.165) is 42.3 Å². The number of halogens is 2. The third-order valence-corrected chi connectivity index (χ3v) is 9.53. The van der Waals surface area contributed by atoms with E-state index in [-0.39, 0.29) is 10.9 Å². The van der Waals surface area contributed by atoms with Gasteiger partial charge < -0.3 is 4.57 Å². The number of allylic oxidation sites excluding steroid dienone is 1. The first kappa shape index (κ1) is 25.1. The van der Waals surface area contributed by atoms with Crippen molar-refractivity contribution in [3.8, 4) is 0 Å². The molecule has 1 aromatic heterocycles. The Bertz CT molecular complexity index is 1400. The number of hydrogen-bond acceptors (Lipinski definition) is 4. The monoisotopic (exact) mass is 537 g/mol. The average molecular weight is 539 g/mol. The number of aromatic nitrogens is 1. The van der Waals surface area contributed by atoms with Crippen LogP contribution in [0.2, 0.25) is 10.0 Å². The molecule has 2 aromatic carbocycles. The van der Waals surface area contributed by atoms with Crippen molar-refractivity contribution >= 4 is 60.7 Å². The zero-order valence-electron chi connectivity index (χ0n) is 18.7. The van der Waals surface area contributed by atoms with E-state index < -0.39 is 15.9 Å². The molecule has 1 amide bonds. The fourth-order valence-corrected chi connectivity index (χ4v) is 7.48. The average Bonchev–Trinajstić information content (AvgIpc) is 3.16. The van der Waals surface area contributed by atoms with Gasteiger partial charge in [0.1, 0.15) is 0 Å². The first-order valence-corrected chi connectivity index (χ1v) is 14.0. The summed E-state index contributed by atoms with van der Waals surface area (Å²) in [7, 11) is -1.99. The number of nitrogens with zero attached hydrogens (tertiary/aromatic N) is 3. The summed E-state index contributed by atoms with van der Waals surface area (Å²) in [6.07, 6.45) is 6.68. The molecule has 1 saturated carbocycles. The summed E-state index contributed by atoms with van der Waals surface area (Å²) < 4.78 is 30.2. The van der Waals surface area contributed by atoms with Crippen molar-refractivity contribution in [3.63, 3.8) is 0 Å². The molecular weight excluding hydrogens is 513 g/mol. The van der Waals surface area contributed by atoms with E-state index in [1.54, 1.807) is 25.3 Å². The number of thiazole rings is 1. The van der Waals surface area contributed by atoms with Crippen molar-refractivity contribution in [2.45, 2.75) is 49.6 Å². The smallest absolute Gasteiger partial charge is 0.279 e. The van der Waals surface area contributed by atoms with Crippen LogP contribution in [0.4, 0.5) is 0 Å². The summed E-state index contributed by atoms with van der Waals surface area (Å²) in [5.74, 6) is -0.476. The van der Waals surface area contributed by atoms with Crippen LogP contribution in [-0.2, 0) is 16.6 Å². The second kappa shape index (κ2) is 10.3. The summed E-state index contributed by atoms with van der Waals surface area (Å²) in [5, 5.41) is 0.962.